The fourth-order valence-electron chi connectivity index (χ4n) is 1.45. The van der Waals surface area contributed by atoms with Crippen LogP contribution in [0.4, 0.5) is 4.79 Å². The number of nitrogens with zero attached hydrogens (tertiary/aromatic N) is 1. The molecule has 0 atom stereocenters. The number of carbonyl (C=O) groups excluding carboxylic acids is 1. The van der Waals surface area contributed by atoms with Gasteiger partial charge in [-0.2, -0.15) is 0 Å². The third-order valence-electron chi connectivity index (χ3n) is 2.32. The molecular formula is C10H18BrNO3. The van der Waals surface area contributed by atoms with Gasteiger partial charge in [-0.15, -0.1) is 0 Å². The molecule has 4 nitrogen and oxygen atoms in total. The number of alkyl halides is 1. The fraction of sp³-hybridized carbons (Fsp3) is 0.900. The van der Waals surface area contributed by atoms with Crippen LogP contribution >= 0.6 is 15.9 Å². The van der Waals surface area contributed by atoms with Crippen molar-refractivity contribution in [2.75, 3.05) is 25.0 Å². The van der Waals surface area contributed by atoms with Gasteiger partial charge in [0.1, 0.15) is 5.60 Å². The molecule has 1 amide bonds. The molecule has 0 radical (unpaired) electrons. The lowest BCUT2D eigenvalue weighted by Crippen LogP contribution is -2.61. The van der Waals surface area contributed by atoms with Gasteiger partial charge in [0.25, 0.3) is 0 Å². The largest absolute Gasteiger partial charge is 0.444 e. The second-order valence-electron chi connectivity index (χ2n) is 5.13. The summed E-state index contributed by atoms with van der Waals surface area (Å²) in [6, 6.07) is 0. The summed E-state index contributed by atoms with van der Waals surface area (Å²) in [5.41, 5.74) is -0.625. The molecule has 0 unspecified atom stereocenters. The molecule has 0 aromatic carbocycles. The van der Waals surface area contributed by atoms with Crippen LogP contribution in [0, 0.1) is 5.41 Å². The Balaban J connectivity index is 2.42. The lowest BCUT2D eigenvalue weighted by molar-refractivity contribution is -0.0441. The van der Waals surface area contributed by atoms with E-state index < -0.39 is 5.60 Å². The monoisotopic (exact) mass is 279 g/mol. The van der Waals surface area contributed by atoms with Crippen molar-refractivity contribution in [2.45, 2.75) is 26.4 Å². The van der Waals surface area contributed by atoms with E-state index in [-0.39, 0.29) is 18.1 Å². The van der Waals surface area contributed by atoms with Crippen molar-refractivity contribution in [2.24, 2.45) is 5.41 Å². The van der Waals surface area contributed by atoms with E-state index in [1.54, 1.807) is 4.90 Å². The number of ether oxygens (including phenoxy) is 1. The molecule has 1 heterocycles. The van der Waals surface area contributed by atoms with E-state index >= 15 is 0 Å². The number of aliphatic hydroxyl groups excluding tert-OH is 1. The molecule has 15 heavy (non-hydrogen) atoms. The zero-order valence-corrected chi connectivity index (χ0v) is 11.0. The number of amides is 1. The summed E-state index contributed by atoms with van der Waals surface area (Å²) in [4.78, 5) is 13.2. The Labute approximate surface area is 98.7 Å². The van der Waals surface area contributed by atoms with Crippen molar-refractivity contribution in [3.05, 3.63) is 0 Å². The van der Waals surface area contributed by atoms with Crippen LogP contribution in [0.1, 0.15) is 20.8 Å². The van der Waals surface area contributed by atoms with Crippen LogP contribution in [0.25, 0.3) is 0 Å². The van der Waals surface area contributed by atoms with Gasteiger partial charge in [0.05, 0.1) is 6.61 Å². The number of halogens is 1. The van der Waals surface area contributed by atoms with Gasteiger partial charge in [-0.25, -0.2) is 4.79 Å². The van der Waals surface area contributed by atoms with Crippen molar-refractivity contribution in [3.8, 4) is 0 Å². The van der Waals surface area contributed by atoms with Gasteiger partial charge in [0.2, 0.25) is 0 Å². The Kier molecular flexibility index (Phi) is 3.66. The lowest BCUT2D eigenvalue weighted by Gasteiger charge is -2.48. The summed E-state index contributed by atoms with van der Waals surface area (Å²) in [6.07, 6.45) is -0.299. The van der Waals surface area contributed by atoms with E-state index in [0.29, 0.717) is 18.4 Å². The molecule has 1 fully saturated rings. The van der Waals surface area contributed by atoms with Crippen LogP contribution in [0.2, 0.25) is 0 Å². The van der Waals surface area contributed by atoms with Crippen LogP contribution in [0.15, 0.2) is 0 Å². The number of likely N-dealkylation sites (tertiary alicyclic amines) is 1. The van der Waals surface area contributed by atoms with E-state index in [1.165, 1.54) is 0 Å². The van der Waals surface area contributed by atoms with Crippen molar-refractivity contribution in [3.63, 3.8) is 0 Å². The highest BCUT2D eigenvalue weighted by atomic mass is 79.9. The molecule has 0 aliphatic carbocycles. The molecule has 1 aliphatic heterocycles. The predicted octanol–water partition coefficient (Wildman–Crippen LogP) is 1.61. The normalized spacial score (nSPS) is 19.7. The number of aliphatic hydroxyl groups is 1. The highest BCUT2D eigenvalue weighted by molar-refractivity contribution is 9.09. The Morgan fingerprint density at radius 2 is 2.07 bits per heavy atom. The summed E-state index contributed by atoms with van der Waals surface area (Å²) in [6.45, 7) is 6.74. The molecule has 0 aromatic heterocycles. The smallest absolute Gasteiger partial charge is 0.410 e. The molecule has 0 saturated carbocycles. The van der Waals surface area contributed by atoms with Crippen LogP contribution in [0.3, 0.4) is 0 Å². The summed E-state index contributed by atoms with van der Waals surface area (Å²) in [5, 5.41) is 9.86. The molecule has 1 aliphatic rings. The molecule has 1 saturated heterocycles. The van der Waals surface area contributed by atoms with Gasteiger partial charge in [-0.05, 0) is 20.8 Å². The first-order chi connectivity index (χ1) is 6.82. The van der Waals surface area contributed by atoms with Crippen LogP contribution in [-0.2, 0) is 4.74 Å². The third kappa shape index (κ3) is 3.08. The first kappa shape index (κ1) is 12.8. The molecule has 5 heteroatoms. The maximum atomic E-state index is 11.6. The lowest BCUT2D eigenvalue weighted by atomic mass is 9.83. The van der Waals surface area contributed by atoms with Gasteiger partial charge in [-0.3, -0.25) is 0 Å². The van der Waals surface area contributed by atoms with E-state index in [1.807, 2.05) is 20.8 Å². The van der Waals surface area contributed by atoms with E-state index in [9.17, 15) is 4.79 Å². The predicted molar refractivity (Wildman–Crippen MR) is 61.1 cm³/mol. The molecule has 1 N–H and O–H groups in total. The number of hydrogen-bond acceptors (Lipinski definition) is 3. The number of hydrogen-bond donors (Lipinski definition) is 1. The van der Waals surface area contributed by atoms with Crippen molar-refractivity contribution >= 4 is 22.0 Å². The second kappa shape index (κ2) is 4.29. The SMILES string of the molecule is CC(C)(C)OC(=O)N1CC(CO)(CBr)C1. The molecule has 0 aromatic rings. The van der Waals surface area contributed by atoms with Crippen molar-refractivity contribution < 1.29 is 14.6 Å². The standard InChI is InChI=1S/C10H18BrNO3/c1-9(2,3)15-8(14)12-5-10(4-11,6-12)7-13/h13H,4-7H2,1-3H3. The molecule has 0 bridgehead atoms. The summed E-state index contributed by atoms with van der Waals surface area (Å²) >= 11 is 3.34. The average Bonchev–Trinajstić information content (AvgIpc) is 2.00. The average molecular weight is 280 g/mol. The van der Waals surface area contributed by atoms with Crippen LogP contribution < -0.4 is 0 Å². The minimum atomic E-state index is -0.455. The van der Waals surface area contributed by atoms with Crippen LogP contribution in [-0.4, -0.2) is 46.7 Å². The Morgan fingerprint density at radius 1 is 1.53 bits per heavy atom. The second-order valence-corrected chi connectivity index (χ2v) is 5.69. The maximum absolute atomic E-state index is 11.6. The molecular weight excluding hydrogens is 262 g/mol. The molecule has 0 spiro atoms. The highest BCUT2D eigenvalue weighted by Gasteiger charge is 2.45. The van der Waals surface area contributed by atoms with Gasteiger partial charge in [0.15, 0.2) is 0 Å². The Morgan fingerprint density at radius 3 is 2.40 bits per heavy atom. The Hall–Kier alpha value is -0.290. The van der Waals surface area contributed by atoms with E-state index in [2.05, 4.69) is 15.9 Å². The quantitative estimate of drug-likeness (QED) is 0.782. The van der Waals surface area contributed by atoms with Crippen LogP contribution in [0.5, 0.6) is 0 Å². The summed E-state index contributed by atoms with van der Waals surface area (Å²) in [5.74, 6) is 0. The first-order valence-electron chi connectivity index (χ1n) is 4.97. The molecule has 88 valence electrons. The Bertz CT molecular complexity index is 238. The zero-order chi connectivity index (χ0) is 11.7. The number of rotatable bonds is 2. The fourth-order valence-corrected chi connectivity index (χ4v) is 1.98. The van der Waals surface area contributed by atoms with Gasteiger partial charge in [-0.1, -0.05) is 15.9 Å². The van der Waals surface area contributed by atoms with E-state index in [0.717, 1.165) is 0 Å². The van der Waals surface area contributed by atoms with Gasteiger partial charge < -0.3 is 14.7 Å². The van der Waals surface area contributed by atoms with Crippen molar-refractivity contribution in [1.29, 1.82) is 0 Å². The summed E-state index contributed by atoms with van der Waals surface area (Å²) < 4.78 is 5.21. The highest BCUT2D eigenvalue weighted by Crippen LogP contribution is 2.32. The minimum Gasteiger partial charge on any atom is -0.444 e. The topological polar surface area (TPSA) is 49.8 Å². The van der Waals surface area contributed by atoms with Gasteiger partial charge in [0, 0.05) is 23.8 Å². The minimum absolute atomic E-state index is 0.0948. The van der Waals surface area contributed by atoms with Gasteiger partial charge >= 0.3 is 6.09 Å². The van der Waals surface area contributed by atoms with Crippen molar-refractivity contribution in [1.82, 2.24) is 4.90 Å². The first-order valence-corrected chi connectivity index (χ1v) is 6.09. The third-order valence-corrected chi connectivity index (χ3v) is 3.51. The zero-order valence-electron chi connectivity index (χ0n) is 9.42. The number of carbonyl (C=O) groups is 1. The summed E-state index contributed by atoms with van der Waals surface area (Å²) in [7, 11) is 0. The molecule has 1 rings (SSSR count). The van der Waals surface area contributed by atoms with E-state index in [4.69, 9.17) is 9.84 Å². The maximum Gasteiger partial charge on any atom is 0.410 e.